The highest BCUT2D eigenvalue weighted by molar-refractivity contribution is 9.09. The number of aryl methyl sites for hydroxylation is 1. The molecule has 0 saturated heterocycles. The number of hydrogen-bond donors (Lipinski definition) is 1. The third-order valence-corrected chi connectivity index (χ3v) is 2.71. The van der Waals surface area contributed by atoms with Crippen molar-refractivity contribution in [1.29, 1.82) is 0 Å². The SMILES string of the molecule is Cc1cc(F)cc(C(=O)NCCCCBr)c1. The van der Waals surface area contributed by atoms with Gasteiger partial charge in [-0.2, -0.15) is 0 Å². The van der Waals surface area contributed by atoms with Crippen molar-refractivity contribution in [2.45, 2.75) is 19.8 Å². The van der Waals surface area contributed by atoms with Gasteiger partial charge in [-0.3, -0.25) is 4.79 Å². The third-order valence-electron chi connectivity index (χ3n) is 2.15. The molecule has 1 aromatic carbocycles. The highest BCUT2D eigenvalue weighted by Crippen LogP contribution is 2.08. The molecule has 0 aliphatic rings. The fourth-order valence-corrected chi connectivity index (χ4v) is 1.79. The van der Waals surface area contributed by atoms with Crippen molar-refractivity contribution >= 4 is 21.8 Å². The maximum Gasteiger partial charge on any atom is 0.251 e. The van der Waals surface area contributed by atoms with Crippen LogP contribution in [0.5, 0.6) is 0 Å². The molecular formula is C12H15BrFNO. The van der Waals surface area contributed by atoms with Gasteiger partial charge >= 0.3 is 0 Å². The molecule has 1 amide bonds. The van der Waals surface area contributed by atoms with E-state index < -0.39 is 0 Å². The zero-order chi connectivity index (χ0) is 12.0. The largest absolute Gasteiger partial charge is 0.352 e. The van der Waals surface area contributed by atoms with Crippen LogP contribution < -0.4 is 5.32 Å². The van der Waals surface area contributed by atoms with Crippen LogP contribution in [0, 0.1) is 12.7 Å². The molecule has 0 saturated carbocycles. The maximum atomic E-state index is 13.0. The molecule has 0 heterocycles. The van der Waals surface area contributed by atoms with Gasteiger partial charge in [0.05, 0.1) is 0 Å². The molecule has 0 radical (unpaired) electrons. The molecule has 0 aliphatic heterocycles. The van der Waals surface area contributed by atoms with Crippen LogP contribution in [0.15, 0.2) is 18.2 Å². The lowest BCUT2D eigenvalue weighted by molar-refractivity contribution is 0.0952. The van der Waals surface area contributed by atoms with Crippen LogP contribution in [0.25, 0.3) is 0 Å². The summed E-state index contributed by atoms with van der Waals surface area (Å²) in [5.41, 5.74) is 1.14. The lowest BCUT2D eigenvalue weighted by Crippen LogP contribution is -2.24. The molecule has 1 N–H and O–H groups in total. The highest BCUT2D eigenvalue weighted by Gasteiger charge is 2.06. The van der Waals surface area contributed by atoms with Crippen LogP contribution in [-0.2, 0) is 0 Å². The summed E-state index contributed by atoms with van der Waals surface area (Å²) < 4.78 is 13.0. The van der Waals surface area contributed by atoms with Gasteiger partial charge in [-0.25, -0.2) is 4.39 Å². The molecule has 16 heavy (non-hydrogen) atoms. The summed E-state index contributed by atoms with van der Waals surface area (Å²) >= 11 is 3.32. The molecule has 0 atom stereocenters. The first-order valence-electron chi connectivity index (χ1n) is 5.25. The Balaban J connectivity index is 2.52. The monoisotopic (exact) mass is 287 g/mol. The topological polar surface area (TPSA) is 29.1 Å². The van der Waals surface area contributed by atoms with E-state index in [9.17, 15) is 9.18 Å². The number of carbonyl (C=O) groups excluding carboxylic acids is 1. The number of benzene rings is 1. The molecule has 4 heteroatoms. The van der Waals surface area contributed by atoms with Crippen molar-refractivity contribution in [2.24, 2.45) is 0 Å². The van der Waals surface area contributed by atoms with Crippen molar-refractivity contribution in [2.75, 3.05) is 11.9 Å². The summed E-state index contributed by atoms with van der Waals surface area (Å²) in [6.45, 7) is 2.39. The van der Waals surface area contributed by atoms with Crippen LogP contribution in [0.2, 0.25) is 0 Å². The van der Waals surface area contributed by atoms with Gasteiger partial charge in [-0.15, -0.1) is 0 Å². The van der Waals surface area contributed by atoms with E-state index in [0.29, 0.717) is 12.1 Å². The van der Waals surface area contributed by atoms with E-state index in [1.807, 2.05) is 0 Å². The molecule has 0 bridgehead atoms. The zero-order valence-electron chi connectivity index (χ0n) is 9.22. The Morgan fingerprint density at radius 3 is 2.75 bits per heavy atom. The zero-order valence-corrected chi connectivity index (χ0v) is 10.8. The predicted molar refractivity (Wildman–Crippen MR) is 66.5 cm³/mol. The number of halogens is 2. The number of rotatable bonds is 5. The third kappa shape index (κ3) is 4.31. The molecule has 0 aliphatic carbocycles. The smallest absolute Gasteiger partial charge is 0.251 e. The minimum absolute atomic E-state index is 0.211. The Labute approximate surface area is 103 Å². The summed E-state index contributed by atoms with van der Waals surface area (Å²) in [5.74, 6) is -0.581. The predicted octanol–water partition coefficient (Wildman–Crippen LogP) is 3.04. The Kier molecular flexibility index (Phi) is 5.46. The van der Waals surface area contributed by atoms with Crippen molar-refractivity contribution in [3.05, 3.63) is 35.1 Å². The van der Waals surface area contributed by atoms with Crippen molar-refractivity contribution in [3.8, 4) is 0 Å². The molecule has 88 valence electrons. The number of carbonyl (C=O) groups is 1. The van der Waals surface area contributed by atoms with Gasteiger partial charge in [0.25, 0.3) is 5.91 Å². The minimum atomic E-state index is -0.370. The molecule has 0 unspecified atom stereocenters. The number of hydrogen-bond acceptors (Lipinski definition) is 1. The second-order valence-electron chi connectivity index (χ2n) is 3.67. The van der Waals surface area contributed by atoms with Crippen LogP contribution in [0.4, 0.5) is 4.39 Å². The summed E-state index contributed by atoms with van der Waals surface area (Å²) in [6.07, 6.45) is 1.94. The van der Waals surface area contributed by atoms with Crippen LogP contribution >= 0.6 is 15.9 Å². The average molecular weight is 288 g/mol. The van der Waals surface area contributed by atoms with Crippen LogP contribution in [0.3, 0.4) is 0 Å². The van der Waals surface area contributed by atoms with Gasteiger partial charge in [0.15, 0.2) is 0 Å². The van der Waals surface area contributed by atoms with E-state index in [2.05, 4.69) is 21.2 Å². The summed E-state index contributed by atoms with van der Waals surface area (Å²) in [7, 11) is 0. The Morgan fingerprint density at radius 1 is 1.38 bits per heavy atom. The Morgan fingerprint density at radius 2 is 2.12 bits per heavy atom. The first-order chi connectivity index (χ1) is 7.63. The highest BCUT2D eigenvalue weighted by atomic mass is 79.9. The molecule has 0 spiro atoms. The Hall–Kier alpha value is -0.900. The first-order valence-corrected chi connectivity index (χ1v) is 6.37. The molecule has 1 rings (SSSR count). The summed E-state index contributed by atoms with van der Waals surface area (Å²) in [4.78, 5) is 11.6. The van der Waals surface area contributed by atoms with E-state index in [1.54, 1.807) is 13.0 Å². The molecular weight excluding hydrogens is 273 g/mol. The summed E-state index contributed by atoms with van der Waals surface area (Å²) in [6, 6.07) is 4.34. The van der Waals surface area contributed by atoms with Crippen LogP contribution in [0.1, 0.15) is 28.8 Å². The van der Waals surface area contributed by atoms with Crippen LogP contribution in [-0.4, -0.2) is 17.8 Å². The van der Waals surface area contributed by atoms with E-state index in [-0.39, 0.29) is 11.7 Å². The molecule has 0 fully saturated rings. The van der Waals surface area contributed by atoms with Gasteiger partial charge in [-0.05, 0) is 43.5 Å². The standard InChI is InChI=1S/C12H15BrFNO/c1-9-6-10(8-11(14)7-9)12(16)15-5-3-2-4-13/h6-8H,2-5H2,1H3,(H,15,16). The minimum Gasteiger partial charge on any atom is -0.352 e. The summed E-state index contributed by atoms with van der Waals surface area (Å²) in [5, 5.41) is 3.69. The lowest BCUT2D eigenvalue weighted by atomic mass is 10.1. The van der Waals surface area contributed by atoms with E-state index >= 15 is 0 Å². The van der Waals surface area contributed by atoms with Gasteiger partial charge < -0.3 is 5.32 Å². The molecule has 2 nitrogen and oxygen atoms in total. The maximum absolute atomic E-state index is 13.0. The second-order valence-corrected chi connectivity index (χ2v) is 4.46. The second kappa shape index (κ2) is 6.63. The van der Waals surface area contributed by atoms with Crippen molar-refractivity contribution in [3.63, 3.8) is 0 Å². The fourth-order valence-electron chi connectivity index (χ4n) is 1.39. The quantitative estimate of drug-likeness (QED) is 0.655. The van der Waals surface area contributed by atoms with E-state index in [0.717, 1.165) is 23.7 Å². The molecule has 0 aromatic heterocycles. The molecule has 1 aromatic rings. The number of amides is 1. The number of unbranched alkanes of at least 4 members (excludes halogenated alkanes) is 1. The van der Waals surface area contributed by atoms with Gasteiger partial charge in [0.2, 0.25) is 0 Å². The number of nitrogens with one attached hydrogen (secondary N) is 1. The first kappa shape index (κ1) is 13.2. The number of alkyl halides is 1. The van der Waals surface area contributed by atoms with Crippen molar-refractivity contribution in [1.82, 2.24) is 5.32 Å². The van der Waals surface area contributed by atoms with Gasteiger partial charge in [0, 0.05) is 17.4 Å². The van der Waals surface area contributed by atoms with Crippen molar-refractivity contribution < 1.29 is 9.18 Å². The normalized spacial score (nSPS) is 10.2. The fraction of sp³-hybridized carbons (Fsp3) is 0.417. The van der Waals surface area contributed by atoms with Gasteiger partial charge in [0.1, 0.15) is 5.82 Å². The van der Waals surface area contributed by atoms with Gasteiger partial charge in [-0.1, -0.05) is 15.9 Å². The Bertz CT molecular complexity index is 348. The van der Waals surface area contributed by atoms with E-state index in [4.69, 9.17) is 0 Å². The lowest BCUT2D eigenvalue weighted by Gasteiger charge is -2.05. The van der Waals surface area contributed by atoms with E-state index in [1.165, 1.54) is 12.1 Å². The average Bonchev–Trinajstić information content (AvgIpc) is 2.22.